The van der Waals surface area contributed by atoms with Crippen LogP contribution in [0.5, 0.6) is 0 Å². The van der Waals surface area contributed by atoms with Gasteiger partial charge in [-0.15, -0.1) is 0 Å². The van der Waals surface area contributed by atoms with Crippen molar-refractivity contribution in [1.29, 1.82) is 0 Å². The molecule has 3 rings (SSSR count). The number of nitrogens with zero attached hydrogens (tertiary/aromatic N) is 2. The van der Waals surface area contributed by atoms with Gasteiger partial charge in [-0.2, -0.15) is 0 Å². The predicted molar refractivity (Wildman–Crippen MR) is 66.9 cm³/mol. The monoisotopic (exact) mass is 242 g/mol. The van der Waals surface area contributed by atoms with E-state index in [4.69, 9.17) is 0 Å². The molecule has 3 aromatic rings. The van der Waals surface area contributed by atoms with Crippen LogP contribution in [0, 0.1) is 6.92 Å². The third kappa shape index (κ3) is 1.84. The molecule has 6 heteroatoms. The first kappa shape index (κ1) is 10.5. The van der Waals surface area contributed by atoms with E-state index in [-0.39, 0.29) is 5.56 Å². The minimum absolute atomic E-state index is 0.264. The number of aromatic amines is 1. The summed E-state index contributed by atoms with van der Waals surface area (Å²) in [5.41, 5.74) is 2.94. The van der Waals surface area contributed by atoms with E-state index in [9.17, 15) is 4.79 Å². The number of fused-ring (bicyclic) bond motifs is 1. The Hall–Kier alpha value is -2.63. The van der Waals surface area contributed by atoms with Gasteiger partial charge in [0.1, 0.15) is 5.69 Å². The maximum absolute atomic E-state index is 11.8. The zero-order valence-corrected chi connectivity index (χ0v) is 9.60. The average molecular weight is 242 g/mol. The first-order valence-corrected chi connectivity index (χ1v) is 5.42. The normalized spacial score (nSPS) is 10.7. The molecule has 0 radical (unpaired) electrons. The lowest BCUT2D eigenvalue weighted by atomic mass is 10.2. The van der Waals surface area contributed by atoms with Crippen LogP contribution in [0.1, 0.15) is 5.56 Å². The quantitative estimate of drug-likeness (QED) is 0.717. The van der Waals surface area contributed by atoms with Gasteiger partial charge >= 0.3 is 0 Å². The Morgan fingerprint density at radius 3 is 3.00 bits per heavy atom. The molecule has 0 aliphatic carbocycles. The number of aromatic nitrogens is 3. The molecule has 0 aliphatic heterocycles. The lowest BCUT2D eigenvalue weighted by Gasteiger charge is -2.05. The molecule has 6 nitrogen and oxygen atoms in total. The fourth-order valence-electron chi connectivity index (χ4n) is 1.73. The molecule has 2 aromatic heterocycles. The number of rotatable bonds is 2. The summed E-state index contributed by atoms with van der Waals surface area (Å²) in [6, 6.07) is 9.34. The molecule has 0 saturated heterocycles. The van der Waals surface area contributed by atoms with Gasteiger partial charge in [0.2, 0.25) is 5.65 Å². The molecule has 0 unspecified atom stereocenters. The molecule has 90 valence electrons. The van der Waals surface area contributed by atoms with E-state index in [0.29, 0.717) is 16.9 Å². The minimum atomic E-state index is -0.264. The number of aryl methyl sites for hydroxylation is 1. The number of pyridine rings is 1. The van der Waals surface area contributed by atoms with Crippen molar-refractivity contribution in [3.05, 3.63) is 46.2 Å². The molecule has 2 N–H and O–H groups in total. The summed E-state index contributed by atoms with van der Waals surface area (Å²) in [4.78, 5) is 14.4. The van der Waals surface area contributed by atoms with Gasteiger partial charge in [-0.05, 0) is 34.9 Å². The highest BCUT2D eigenvalue weighted by molar-refractivity contribution is 5.74. The Kier molecular flexibility index (Phi) is 2.33. The number of benzene rings is 1. The summed E-state index contributed by atoms with van der Waals surface area (Å²) in [6.45, 7) is 1.99. The van der Waals surface area contributed by atoms with Crippen molar-refractivity contribution in [2.24, 2.45) is 0 Å². The molecule has 2 heterocycles. The highest BCUT2D eigenvalue weighted by Gasteiger charge is 2.07. The van der Waals surface area contributed by atoms with E-state index >= 15 is 0 Å². The predicted octanol–water partition coefficient (Wildman–Crippen LogP) is 1.96. The van der Waals surface area contributed by atoms with Crippen molar-refractivity contribution in [3.8, 4) is 0 Å². The maximum atomic E-state index is 11.8. The van der Waals surface area contributed by atoms with Gasteiger partial charge in [0, 0.05) is 11.8 Å². The Bertz CT molecular complexity index is 760. The number of hydrogen-bond acceptors (Lipinski definition) is 5. The highest BCUT2D eigenvalue weighted by Crippen LogP contribution is 2.16. The van der Waals surface area contributed by atoms with Crippen LogP contribution in [0.3, 0.4) is 0 Å². The lowest BCUT2D eigenvalue weighted by molar-refractivity contribution is 0.314. The summed E-state index contributed by atoms with van der Waals surface area (Å²) < 4.78 is 4.55. The van der Waals surface area contributed by atoms with E-state index in [1.54, 1.807) is 6.07 Å². The molecule has 0 aliphatic rings. The largest absolute Gasteiger partial charge is 0.351 e. The summed E-state index contributed by atoms with van der Waals surface area (Å²) in [6.07, 6.45) is 0. The molecule has 0 saturated carbocycles. The molecular weight excluding hydrogens is 232 g/mol. The van der Waals surface area contributed by atoms with Gasteiger partial charge in [0.05, 0.1) is 0 Å². The zero-order valence-electron chi connectivity index (χ0n) is 9.60. The second-order valence-electron chi connectivity index (χ2n) is 4.00. The standard InChI is InChI=1S/C12H10N4O2/c1-7-3-2-4-8(5-7)13-10-6-9-11(14-12(10)17)16-18-15-9/h2-6,13H,1H3,(H,14,16,17). The van der Waals surface area contributed by atoms with Crippen LogP contribution in [0.15, 0.2) is 39.8 Å². The number of hydrogen-bond donors (Lipinski definition) is 2. The molecule has 1 aromatic carbocycles. The maximum Gasteiger partial charge on any atom is 0.273 e. The Morgan fingerprint density at radius 2 is 2.17 bits per heavy atom. The Morgan fingerprint density at radius 1 is 1.28 bits per heavy atom. The van der Waals surface area contributed by atoms with Gasteiger partial charge in [0.25, 0.3) is 5.56 Å². The van der Waals surface area contributed by atoms with E-state index in [0.717, 1.165) is 11.3 Å². The Labute approximate surface area is 102 Å². The summed E-state index contributed by atoms with van der Waals surface area (Å²) in [5.74, 6) is 0. The van der Waals surface area contributed by atoms with Gasteiger partial charge in [-0.25, -0.2) is 4.63 Å². The smallest absolute Gasteiger partial charge is 0.273 e. The second kappa shape index (κ2) is 3.99. The number of anilines is 2. The van der Waals surface area contributed by atoms with Crippen LogP contribution in [0.25, 0.3) is 11.2 Å². The first-order chi connectivity index (χ1) is 8.72. The SMILES string of the molecule is Cc1cccc(Nc2cc3nonc3[nH]c2=O)c1. The fraction of sp³-hybridized carbons (Fsp3) is 0.0833. The van der Waals surface area contributed by atoms with Crippen molar-refractivity contribution < 1.29 is 4.63 Å². The van der Waals surface area contributed by atoms with Crippen molar-refractivity contribution in [3.63, 3.8) is 0 Å². The number of H-pyrrole nitrogens is 1. The van der Waals surface area contributed by atoms with Crippen molar-refractivity contribution in [2.75, 3.05) is 5.32 Å². The third-order valence-electron chi connectivity index (χ3n) is 2.57. The van der Waals surface area contributed by atoms with Crippen LogP contribution in [-0.2, 0) is 0 Å². The molecule has 18 heavy (non-hydrogen) atoms. The van der Waals surface area contributed by atoms with Gasteiger partial charge < -0.3 is 10.3 Å². The van der Waals surface area contributed by atoms with E-state index in [2.05, 4.69) is 25.2 Å². The molecule has 0 amide bonds. The van der Waals surface area contributed by atoms with Gasteiger partial charge in [0.15, 0.2) is 5.52 Å². The zero-order chi connectivity index (χ0) is 12.5. The van der Waals surface area contributed by atoms with E-state index < -0.39 is 0 Å². The van der Waals surface area contributed by atoms with Crippen LogP contribution in [0.2, 0.25) is 0 Å². The molecule has 0 atom stereocenters. The highest BCUT2D eigenvalue weighted by atomic mass is 16.6. The van der Waals surface area contributed by atoms with Crippen molar-refractivity contribution in [1.82, 2.24) is 15.3 Å². The number of nitrogens with one attached hydrogen (secondary N) is 2. The van der Waals surface area contributed by atoms with Crippen LogP contribution >= 0.6 is 0 Å². The summed E-state index contributed by atoms with van der Waals surface area (Å²) >= 11 is 0. The molecule has 0 spiro atoms. The van der Waals surface area contributed by atoms with Gasteiger partial charge in [-0.3, -0.25) is 4.79 Å². The van der Waals surface area contributed by atoms with E-state index in [1.165, 1.54) is 0 Å². The van der Waals surface area contributed by atoms with Crippen LogP contribution < -0.4 is 10.9 Å². The second-order valence-corrected chi connectivity index (χ2v) is 4.00. The first-order valence-electron chi connectivity index (χ1n) is 5.42. The van der Waals surface area contributed by atoms with Gasteiger partial charge in [-0.1, -0.05) is 12.1 Å². The molecule has 0 fully saturated rings. The third-order valence-corrected chi connectivity index (χ3v) is 2.57. The fourth-order valence-corrected chi connectivity index (χ4v) is 1.73. The van der Waals surface area contributed by atoms with Crippen LogP contribution in [-0.4, -0.2) is 15.3 Å². The molecule has 0 bridgehead atoms. The van der Waals surface area contributed by atoms with Crippen LogP contribution in [0.4, 0.5) is 11.4 Å². The van der Waals surface area contributed by atoms with Crippen molar-refractivity contribution in [2.45, 2.75) is 6.92 Å². The minimum Gasteiger partial charge on any atom is -0.351 e. The Balaban J connectivity index is 2.04. The summed E-state index contributed by atoms with van der Waals surface area (Å²) in [7, 11) is 0. The molecular formula is C12H10N4O2. The average Bonchev–Trinajstić information content (AvgIpc) is 2.76. The lowest BCUT2D eigenvalue weighted by Crippen LogP contribution is -2.11. The van der Waals surface area contributed by atoms with Crippen molar-refractivity contribution >= 4 is 22.5 Å². The summed E-state index contributed by atoms with van der Waals surface area (Å²) in [5, 5.41) is 10.3. The van der Waals surface area contributed by atoms with E-state index in [1.807, 2.05) is 31.2 Å². The topological polar surface area (TPSA) is 83.8 Å².